The third-order valence-corrected chi connectivity index (χ3v) is 3.35. The van der Waals surface area contributed by atoms with E-state index in [0.717, 1.165) is 24.4 Å². The summed E-state index contributed by atoms with van der Waals surface area (Å²) in [6, 6.07) is 8.64. The molecule has 0 aliphatic carbocycles. The van der Waals surface area contributed by atoms with Gasteiger partial charge >= 0.3 is 0 Å². The van der Waals surface area contributed by atoms with Crippen molar-refractivity contribution in [1.29, 1.82) is 0 Å². The quantitative estimate of drug-likeness (QED) is 0.439. The predicted octanol–water partition coefficient (Wildman–Crippen LogP) is 2.10. The minimum absolute atomic E-state index is 0.0380. The van der Waals surface area contributed by atoms with Gasteiger partial charge in [-0.25, -0.2) is 5.43 Å². The fourth-order valence-corrected chi connectivity index (χ4v) is 2.13. The van der Waals surface area contributed by atoms with Crippen LogP contribution in [0.15, 0.2) is 47.6 Å². The van der Waals surface area contributed by atoms with Crippen molar-refractivity contribution in [2.24, 2.45) is 5.10 Å². The summed E-state index contributed by atoms with van der Waals surface area (Å²) in [5, 5.41) is 36.2. The molecule has 0 atom stereocenters. The lowest BCUT2D eigenvalue weighted by Gasteiger charge is -2.02. The molecule has 0 heterocycles. The second kappa shape index (κ2) is 8.24. The van der Waals surface area contributed by atoms with Crippen molar-refractivity contribution in [3.8, 4) is 0 Å². The van der Waals surface area contributed by atoms with E-state index in [9.17, 15) is 35.1 Å². The molecule has 2 aromatic carbocycles. The Morgan fingerprint density at radius 2 is 1.63 bits per heavy atom. The lowest BCUT2D eigenvalue weighted by Crippen LogP contribution is -2.20. The SMILES string of the molecule is O=C(Cc1ccc([N+](=O)[O-])cc1[N+](=O)[O-])NN=Cc1ccccc1[N+](=O)[O-]. The van der Waals surface area contributed by atoms with Crippen LogP contribution in [0.4, 0.5) is 17.1 Å². The molecule has 1 N–H and O–H groups in total. The van der Waals surface area contributed by atoms with Crippen LogP contribution in [0.25, 0.3) is 0 Å². The number of benzene rings is 2. The summed E-state index contributed by atoms with van der Waals surface area (Å²) in [5.41, 5.74) is 0.973. The highest BCUT2D eigenvalue weighted by Crippen LogP contribution is 2.25. The minimum Gasteiger partial charge on any atom is -0.273 e. The highest BCUT2D eigenvalue weighted by molar-refractivity contribution is 5.87. The van der Waals surface area contributed by atoms with E-state index in [1.807, 2.05) is 0 Å². The Balaban J connectivity index is 2.11. The molecule has 0 aliphatic heterocycles. The van der Waals surface area contributed by atoms with Gasteiger partial charge < -0.3 is 0 Å². The molecule has 0 fully saturated rings. The van der Waals surface area contributed by atoms with Crippen LogP contribution in [0.3, 0.4) is 0 Å². The second-order valence-electron chi connectivity index (χ2n) is 5.11. The number of carbonyl (C=O) groups is 1. The number of carbonyl (C=O) groups excluding carboxylic acids is 1. The zero-order chi connectivity index (χ0) is 20.0. The lowest BCUT2D eigenvalue weighted by atomic mass is 10.1. The monoisotopic (exact) mass is 373 g/mol. The third kappa shape index (κ3) is 4.88. The number of nitrogens with one attached hydrogen (secondary N) is 1. The van der Waals surface area contributed by atoms with Crippen LogP contribution in [0.2, 0.25) is 0 Å². The number of rotatable bonds is 7. The van der Waals surface area contributed by atoms with Crippen LogP contribution in [0, 0.1) is 30.3 Å². The van der Waals surface area contributed by atoms with Crippen LogP contribution < -0.4 is 5.43 Å². The summed E-state index contributed by atoms with van der Waals surface area (Å²) in [4.78, 5) is 42.3. The van der Waals surface area contributed by atoms with Crippen molar-refractivity contribution in [2.75, 3.05) is 0 Å². The first-order valence-corrected chi connectivity index (χ1v) is 7.26. The van der Waals surface area contributed by atoms with Gasteiger partial charge in [0, 0.05) is 17.7 Å². The molecule has 12 heteroatoms. The molecule has 0 spiro atoms. The number of para-hydroxylation sites is 1. The van der Waals surface area contributed by atoms with Gasteiger partial charge in [-0.3, -0.25) is 35.1 Å². The van der Waals surface area contributed by atoms with Gasteiger partial charge in [0.15, 0.2) is 0 Å². The van der Waals surface area contributed by atoms with Gasteiger partial charge in [0.2, 0.25) is 5.91 Å². The van der Waals surface area contributed by atoms with Gasteiger partial charge in [0.05, 0.1) is 39.0 Å². The number of nitrogens with zero attached hydrogens (tertiary/aromatic N) is 4. The summed E-state index contributed by atoms with van der Waals surface area (Å²) < 4.78 is 0. The Hall–Kier alpha value is -4.22. The fourth-order valence-electron chi connectivity index (χ4n) is 2.13. The summed E-state index contributed by atoms with van der Waals surface area (Å²) in [7, 11) is 0. The van der Waals surface area contributed by atoms with Crippen molar-refractivity contribution in [2.45, 2.75) is 6.42 Å². The number of amides is 1. The first-order valence-electron chi connectivity index (χ1n) is 7.26. The number of hydrogen-bond donors (Lipinski definition) is 1. The Morgan fingerprint density at radius 3 is 2.26 bits per heavy atom. The molecule has 2 rings (SSSR count). The molecule has 0 bridgehead atoms. The Kier molecular flexibility index (Phi) is 5.83. The van der Waals surface area contributed by atoms with Crippen molar-refractivity contribution < 1.29 is 19.6 Å². The van der Waals surface area contributed by atoms with Crippen molar-refractivity contribution in [1.82, 2.24) is 5.43 Å². The standard InChI is InChI=1S/C15H11N5O7/c21-15(17-16-9-11-3-1-2-4-13(11)19(24)25)7-10-5-6-12(18(22)23)8-14(10)20(26)27/h1-6,8-9H,7H2,(H,17,21). The zero-order valence-corrected chi connectivity index (χ0v) is 13.5. The molecule has 0 unspecified atom stereocenters. The fraction of sp³-hybridized carbons (Fsp3) is 0.0667. The average Bonchev–Trinajstić information content (AvgIpc) is 2.61. The van der Waals surface area contributed by atoms with Crippen LogP contribution in [0.5, 0.6) is 0 Å². The van der Waals surface area contributed by atoms with Gasteiger partial charge in [-0.05, 0) is 12.1 Å². The van der Waals surface area contributed by atoms with E-state index < -0.39 is 38.5 Å². The minimum atomic E-state index is -0.827. The van der Waals surface area contributed by atoms with Gasteiger partial charge in [-0.2, -0.15) is 5.10 Å². The second-order valence-corrected chi connectivity index (χ2v) is 5.11. The summed E-state index contributed by atoms with van der Waals surface area (Å²) in [6.07, 6.45) is 0.614. The Morgan fingerprint density at radius 1 is 0.963 bits per heavy atom. The number of non-ortho nitro benzene ring substituents is 1. The summed E-state index contributed by atoms with van der Waals surface area (Å²) >= 11 is 0. The highest BCUT2D eigenvalue weighted by Gasteiger charge is 2.21. The first kappa shape index (κ1) is 19.1. The summed E-state index contributed by atoms with van der Waals surface area (Å²) in [5.74, 6) is -0.734. The molecule has 0 aromatic heterocycles. The molecule has 2 aromatic rings. The average molecular weight is 373 g/mol. The molecular formula is C15H11N5O7. The topological polar surface area (TPSA) is 171 Å². The molecule has 27 heavy (non-hydrogen) atoms. The zero-order valence-electron chi connectivity index (χ0n) is 13.5. The number of hydrogen-bond acceptors (Lipinski definition) is 8. The molecule has 0 radical (unpaired) electrons. The van der Waals surface area contributed by atoms with Crippen LogP contribution >= 0.6 is 0 Å². The van der Waals surface area contributed by atoms with Crippen molar-refractivity contribution in [3.63, 3.8) is 0 Å². The number of nitro groups is 3. The van der Waals surface area contributed by atoms with E-state index >= 15 is 0 Å². The van der Waals surface area contributed by atoms with E-state index in [2.05, 4.69) is 10.5 Å². The molecular weight excluding hydrogens is 362 g/mol. The van der Waals surface area contributed by atoms with E-state index in [-0.39, 0.29) is 16.8 Å². The van der Waals surface area contributed by atoms with Gasteiger partial charge in [0.1, 0.15) is 0 Å². The van der Waals surface area contributed by atoms with E-state index in [1.54, 1.807) is 6.07 Å². The largest absolute Gasteiger partial charge is 0.279 e. The molecule has 138 valence electrons. The van der Waals surface area contributed by atoms with E-state index in [0.29, 0.717) is 0 Å². The third-order valence-electron chi connectivity index (χ3n) is 3.35. The van der Waals surface area contributed by atoms with Gasteiger partial charge in [0.25, 0.3) is 17.1 Å². The highest BCUT2D eigenvalue weighted by atomic mass is 16.6. The van der Waals surface area contributed by atoms with E-state index in [4.69, 9.17) is 0 Å². The van der Waals surface area contributed by atoms with Crippen LogP contribution in [-0.4, -0.2) is 26.9 Å². The maximum absolute atomic E-state index is 11.9. The summed E-state index contributed by atoms with van der Waals surface area (Å²) in [6.45, 7) is 0. The van der Waals surface area contributed by atoms with Gasteiger partial charge in [-0.15, -0.1) is 0 Å². The first-order chi connectivity index (χ1) is 12.8. The number of nitro benzene ring substituents is 3. The van der Waals surface area contributed by atoms with Crippen molar-refractivity contribution >= 4 is 29.2 Å². The molecule has 0 saturated heterocycles. The van der Waals surface area contributed by atoms with Crippen LogP contribution in [-0.2, 0) is 11.2 Å². The van der Waals surface area contributed by atoms with Crippen molar-refractivity contribution in [3.05, 3.63) is 83.9 Å². The Bertz CT molecular complexity index is 957. The Labute approximate surface area is 150 Å². The van der Waals surface area contributed by atoms with E-state index in [1.165, 1.54) is 18.2 Å². The lowest BCUT2D eigenvalue weighted by molar-refractivity contribution is -0.394. The molecule has 1 amide bonds. The maximum Gasteiger partial charge on any atom is 0.279 e. The van der Waals surface area contributed by atoms with Gasteiger partial charge in [-0.1, -0.05) is 12.1 Å². The normalized spacial score (nSPS) is 10.5. The number of hydrazone groups is 1. The van der Waals surface area contributed by atoms with Crippen LogP contribution in [0.1, 0.15) is 11.1 Å². The smallest absolute Gasteiger partial charge is 0.273 e. The predicted molar refractivity (Wildman–Crippen MR) is 92.3 cm³/mol. The molecule has 0 aliphatic rings. The maximum atomic E-state index is 11.9. The molecule has 0 saturated carbocycles. The molecule has 12 nitrogen and oxygen atoms in total.